The van der Waals surface area contributed by atoms with E-state index in [1.807, 2.05) is 0 Å². The molecule has 0 amide bonds. The molecule has 680 valence electrons. The molecule has 35 atom stereocenters. The fraction of sp³-hybridized carbons (Fsp3) is 1.00. The molecule has 0 aromatic rings. The topological polar surface area (TPSA) is 0 Å². The molecule has 24 rings (SSSR count). The number of hydrogen-bond donors (Lipinski definition) is 0. The van der Waals surface area contributed by atoms with E-state index in [1.165, 1.54) is 190 Å². The zero-order valence-electron chi connectivity index (χ0n) is 85.1. The summed E-state index contributed by atoms with van der Waals surface area (Å²) in [5.41, 5.74) is 9.40. The van der Waals surface area contributed by atoms with Gasteiger partial charge in [0.1, 0.15) is 0 Å². The van der Waals surface area contributed by atoms with Gasteiger partial charge < -0.3 is 0 Å². The lowest BCUT2D eigenvalue weighted by molar-refractivity contribution is -0.0318. The fourth-order valence-corrected chi connectivity index (χ4v) is 41.1. The first-order valence-electron chi connectivity index (χ1n) is 55.2. The summed E-state index contributed by atoms with van der Waals surface area (Å²) in [7, 11) is 0. The molecule has 0 saturated heterocycles. The molecular weight excluding hydrogens is 1420 g/mol. The lowest BCUT2D eigenvalue weighted by Gasteiger charge is -2.52. The van der Waals surface area contributed by atoms with Crippen molar-refractivity contribution in [2.45, 2.75) is 502 Å². The Hall–Kier alpha value is 0. The van der Waals surface area contributed by atoms with Gasteiger partial charge in [-0.15, -0.1) is 0 Å². The van der Waals surface area contributed by atoms with Crippen LogP contribution in [0, 0.1) is 242 Å². The Bertz CT molecular complexity index is 3320. The monoisotopic (exact) mass is 1630 g/mol. The Morgan fingerprint density at radius 1 is 0.297 bits per heavy atom. The molecule has 0 radical (unpaired) electrons. The van der Waals surface area contributed by atoms with Crippen LogP contribution in [-0.4, -0.2) is 0 Å². The van der Waals surface area contributed by atoms with Crippen LogP contribution < -0.4 is 0 Å². The van der Waals surface area contributed by atoms with Crippen molar-refractivity contribution in [3.63, 3.8) is 0 Å². The second-order valence-electron chi connectivity index (χ2n) is 57.3. The summed E-state index contributed by atoms with van der Waals surface area (Å²) in [5.74, 6) is 31.0. The van der Waals surface area contributed by atoms with Crippen molar-refractivity contribution in [1.29, 1.82) is 0 Å². The van der Waals surface area contributed by atoms with Gasteiger partial charge in [-0.25, -0.2) is 0 Å². The van der Waals surface area contributed by atoms with Crippen molar-refractivity contribution in [2.75, 3.05) is 0 Å². The summed E-state index contributed by atoms with van der Waals surface area (Å²) in [5, 5.41) is 0. The Kier molecular flexibility index (Phi) is 26.5. The molecule has 24 saturated carbocycles. The van der Waals surface area contributed by atoms with Crippen molar-refractivity contribution in [1.82, 2.24) is 0 Å². The summed E-state index contributed by atoms with van der Waals surface area (Å²) >= 11 is 0. The molecule has 0 heteroatoms. The molecule has 24 aliphatic rings. The van der Waals surface area contributed by atoms with Crippen LogP contribution in [-0.2, 0) is 0 Å². The molecule has 118 heavy (non-hydrogen) atoms. The summed E-state index contributed by atoms with van der Waals surface area (Å²) in [6.07, 6.45) is 73.2. The molecule has 0 N–H and O–H groups in total. The van der Waals surface area contributed by atoms with Gasteiger partial charge in [0.25, 0.3) is 0 Å². The third-order valence-electron chi connectivity index (χ3n) is 50.5. The second kappa shape index (κ2) is 33.7. The standard InChI is InChI=1S/C14H22.C13H22.C13H24.C12H20.3C12H22.C11H20.C10H18.C9H16/c1-14(2)7-10-6-11(14)13-9-4-3-8(5-9)12(10)13;1-3-13(2)8-9-7-12(13)11-6-4-5-10(9)11;1-6-13(5)11(2,3)10-7-8-12(13,4)9-10;1-12(2)7-8-6-11(12)10-5-3-4-9(8)10;1-10(2)8-9-6-7-12(10,5)11(9,3)4;1-4-9(2)12(3)8-10-5-6-11(12)7-10;1-3-4-7-12(2)9-10-5-6-11(12)8-10;1-8(2)11(3)7-9-4-5-10(11)6-9;1-3-10(2)7-8-4-5-9(10)6-8;1-9(2)6-7-3-4-8(9)5-7/h8-13H,3-7H2,1-2H3;9-12H,3-8H2,1-2H3;10H,6-9H2,1-5H3;8-11H,3-7H2,1-2H3;9H,6-8H2,1-5H3;9-11H,4-8H2,1-3H3;10-11H,3-9H2,1-2H3;8-10H,4-7H2,1-3H3;8-9H,3-7H2,1-2H3;7-8H,3-6H2,1-2H3. The maximum absolute atomic E-state index is 2.56. The van der Waals surface area contributed by atoms with Crippen molar-refractivity contribution in [2.24, 2.45) is 242 Å². The third-order valence-corrected chi connectivity index (χ3v) is 50.5. The van der Waals surface area contributed by atoms with Crippen LogP contribution in [0.3, 0.4) is 0 Å². The molecule has 0 aromatic heterocycles. The first-order chi connectivity index (χ1) is 55.2. The number of fused-ring (bicyclic) bond motifs is 33. The minimum Gasteiger partial charge on any atom is -0.0654 e. The predicted octanol–water partition coefficient (Wildman–Crippen LogP) is 36.5. The highest BCUT2D eigenvalue weighted by Crippen LogP contribution is 2.77. The minimum absolute atomic E-state index is 0.578. The van der Waals surface area contributed by atoms with Crippen molar-refractivity contribution < 1.29 is 0 Å². The van der Waals surface area contributed by atoms with Gasteiger partial charge >= 0.3 is 0 Å². The summed E-state index contributed by atoms with van der Waals surface area (Å²) in [4.78, 5) is 0. The van der Waals surface area contributed by atoms with Gasteiger partial charge in [0.15, 0.2) is 0 Å². The van der Waals surface area contributed by atoms with Gasteiger partial charge in [0.05, 0.1) is 0 Å². The van der Waals surface area contributed by atoms with Gasteiger partial charge in [-0.1, -0.05) is 271 Å². The highest BCUT2D eigenvalue weighted by molar-refractivity contribution is 5.18. The molecular formula is C118H208. The zero-order valence-corrected chi connectivity index (χ0v) is 85.1. The van der Waals surface area contributed by atoms with Crippen LogP contribution in [0.2, 0.25) is 0 Å². The van der Waals surface area contributed by atoms with E-state index in [0.29, 0.717) is 54.1 Å². The van der Waals surface area contributed by atoms with Crippen LogP contribution in [0.4, 0.5) is 0 Å². The summed E-state index contributed by atoms with van der Waals surface area (Å²) in [6, 6.07) is 0. The van der Waals surface area contributed by atoms with Crippen molar-refractivity contribution in [3.05, 3.63) is 0 Å². The van der Waals surface area contributed by atoms with Gasteiger partial charge in [0.2, 0.25) is 0 Å². The highest BCUT2D eigenvalue weighted by atomic mass is 14.7. The first kappa shape index (κ1) is 92.7. The van der Waals surface area contributed by atoms with Gasteiger partial charge in [-0.05, 0) is 473 Å². The Morgan fingerprint density at radius 3 is 1.14 bits per heavy atom. The molecule has 24 fully saturated rings. The maximum Gasteiger partial charge on any atom is -0.0220 e. The van der Waals surface area contributed by atoms with Crippen LogP contribution >= 0.6 is 0 Å². The van der Waals surface area contributed by atoms with Crippen LogP contribution in [0.15, 0.2) is 0 Å². The Morgan fingerprint density at radius 2 is 0.754 bits per heavy atom. The van der Waals surface area contributed by atoms with E-state index in [0.717, 1.165) is 152 Å². The van der Waals surface area contributed by atoms with E-state index in [-0.39, 0.29) is 0 Å². The first-order valence-corrected chi connectivity index (χ1v) is 55.2. The molecule has 22 bridgehead atoms. The quantitative estimate of drug-likeness (QED) is 0.202. The number of rotatable bonds is 9. The van der Waals surface area contributed by atoms with E-state index in [9.17, 15) is 0 Å². The number of unbranched alkanes of at least 4 members (excludes halogenated alkanes) is 1. The summed E-state index contributed by atoms with van der Waals surface area (Å²) < 4.78 is 0. The highest BCUT2D eigenvalue weighted by Gasteiger charge is 2.68. The van der Waals surface area contributed by atoms with Gasteiger partial charge in [-0.3, -0.25) is 0 Å². The largest absolute Gasteiger partial charge is 0.0654 e. The van der Waals surface area contributed by atoms with E-state index in [4.69, 9.17) is 0 Å². The Balaban J connectivity index is 0.000000103. The predicted molar refractivity (Wildman–Crippen MR) is 512 cm³/mol. The number of hydrogen-bond acceptors (Lipinski definition) is 0. The van der Waals surface area contributed by atoms with E-state index >= 15 is 0 Å². The van der Waals surface area contributed by atoms with E-state index in [2.05, 4.69) is 194 Å². The van der Waals surface area contributed by atoms with Gasteiger partial charge in [0, 0.05) is 0 Å². The second-order valence-corrected chi connectivity index (χ2v) is 57.3. The summed E-state index contributed by atoms with van der Waals surface area (Å²) in [6.45, 7) is 69.2. The molecule has 0 aromatic carbocycles. The van der Waals surface area contributed by atoms with E-state index < -0.39 is 0 Å². The molecule has 0 aliphatic heterocycles. The zero-order chi connectivity index (χ0) is 85.1. The minimum atomic E-state index is 0.578. The van der Waals surface area contributed by atoms with Crippen molar-refractivity contribution in [3.8, 4) is 0 Å². The maximum atomic E-state index is 2.56. The van der Waals surface area contributed by atoms with Crippen LogP contribution in [0.5, 0.6) is 0 Å². The molecule has 0 heterocycles. The molecule has 0 spiro atoms. The third kappa shape index (κ3) is 16.2. The molecule has 24 aliphatic carbocycles. The van der Waals surface area contributed by atoms with Gasteiger partial charge in [-0.2, -0.15) is 0 Å². The van der Waals surface area contributed by atoms with Crippen LogP contribution in [0.25, 0.3) is 0 Å². The molecule has 35 unspecified atom stereocenters. The van der Waals surface area contributed by atoms with Crippen molar-refractivity contribution >= 4 is 0 Å². The SMILES string of the molecule is CC(C)C1(C)CC2CCC1C2.CC1(C)CC2CC1C1C3CCC(C3)C21.CC1(C)CC2CC1C1CCCC21.CC1(C)CC2CCC1(C)C2(C)C.CC1(C)CC2CCC1C2.CCC(C)C1(C)CC2CCC1C2.CCC1(C)C2(C)CCC(C2)C1(C)C.CCC1(C)CC2CC1C1CCCC21.CCC1(C)CC2CCC1C2.CCCCC1(C)CC2CCC1C2. The average molecular weight is 1630 g/mol. The molecule has 0 nitrogen and oxygen atoms in total. The lowest BCUT2D eigenvalue weighted by Crippen LogP contribution is -2.44. The lowest BCUT2D eigenvalue weighted by atomic mass is 9.53. The smallest absolute Gasteiger partial charge is 0.0220 e. The van der Waals surface area contributed by atoms with Crippen LogP contribution in [0.1, 0.15) is 502 Å². The Labute approximate surface area is 738 Å². The fourth-order valence-electron chi connectivity index (χ4n) is 41.1. The normalized spacial score (nSPS) is 52.1. The van der Waals surface area contributed by atoms with E-state index in [1.54, 1.807) is 154 Å². The average Bonchev–Trinajstić information content (AvgIpc) is 1.54.